The summed E-state index contributed by atoms with van der Waals surface area (Å²) in [4.78, 5) is 7.80. The first-order valence-corrected chi connectivity index (χ1v) is 10.7. The van der Waals surface area contributed by atoms with E-state index in [0.29, 0.717) is 35.0 Å². The fraction of sp³-hybridized carbons (Fsp3) is 0.250. The molecular weight excluding hydrogens is 398 g/mol. The van der Waals surface area contributed by atoms with Crippen molar-refractivity contribution in [2.24, 2.45) is 0 Å². The maximum Gasteiger partial charge on any atom is 0.243 e. The maximum absolute atomic E-state index is 12.7. The Morgan fingerprint density at radius 3 is 2.46 bits per heavy atom. The molecule has 1 N–H and O–H groups in total. The van der Waals surface area contributed by atoms with Crippen LogP contribution >= 0.6 is 11.6 Å². The van der Waals surface area contributed by atoms with Crippen molar-refractivity contribution in [3.8, 4) is 5.75 Å². The average molecular weight is 420 g/mol. The summed E-state index contributed by atoms with van der Waals surface area (Å²) in [6.45, 7) is 4.47. The highest BCUT2D eigenvalue weighted by Crippen LogP contribution is 2.26. The van der Waals surface area contributed by atoms with E-state index >= 15 is 0 Å². The van der Waals surface area contributed by atoms with E-state index in [1.165, 1.54) is 4.31 Å². The van der Waals surface area contributed by atoms with Gasteiger partial charge in [0.05, 0.1) is 28.1 Å². The van der Waals surface area contributed by atoms with E-state index in [4.69, 9.17) is 16.3 Å². The summed E-state index contributed by atoms with van der Waals surface area (Å²) in [5, 5.41) is 0.425. The van der Waals surface area contributed by atoms with Crippen molar-refractivity contribution < 1.29 is 13.2 Å². The zero-order chi connectivity index (χ0) is 20.3. The molecule has 0 aliphatic rings. The Balaban J connectivity index is 1.95. The van der Waals surface area contributed by atoms with E-state index in [0.717, 1.165) is 11.3 Å². The molecule has 148 valence electrons. The van der Waals surface area contributed by atoms with Crippen molar-refractivity contribution in [1.29, 1.82) is 0 Å². The molecular formula is C20H22ClN3O3S. The number of benzene rings is 2. The van der Waals surface area contributed by atoms with Crippen LogP contribution in [-0.4, -0.2) is 42.9 Å². The largest absolute Gasteiger partial charge is 0.497 e. The molecule has 0 saturated heterocycles. The highest BCUT2D eigenvalue weighted by molar-refractivity contribution is 7.89. The van der Waals surface area contributed by atoms with Gasteiger partial charge in [-0.2, -0.15) is 4.31 Å². The van der Waals surface area contributed by atoms with Gasteiger partial charge in [0, 0.05) is 13.1 Å². The molecule has 1 heterocycles. The topological polar surface area (TPSA) is 75.3 Å². The summed E-state index contributed by atoms with van der Waals surface area (Å²) in [7, 11) is -1.92. The standard InChI is InChI=1S/C20H22ClN3O3S/c1-4-24(5-2)28(25,26)16-10-11-18-19(13-16)23-20(22-18)17(21)12-14-6-8-15(27-3)9-7-14/h6-13H,4-5H2,1-3H3,(H,22,23)/b17-12-. The fourth-order valence-electron chi connectivity index (χ4n) is 2.89. The predicted octanol–water partition coefficient (Wildman–Crippen LogP) is 4.34. The van der Waals surface area contributed by atoms with Crippen LogP contribution in [0.2, 0.25) is 0 Å². The lowest BCUT2D eigenvalue weighted by molar-refractivity contribution is 0.415. The minimum atomic E-state index is -3.53. The first kappa shape index (κ1) is 20.4. The van der Waals surface area contributed by atoms with E-state index < -0.39 is 10.0 Å². The van der Waals surface area contributed by atoms with E-state index in [1.54, 1.807) is 31.4 Å². The smallest absolute Gasteiger partial charge is 0.243 e. The summed E-state index contributed by atoms with van der Waals surface area (Å²) in [6.07, 6.45) is 1.78. The van der Waals surface area contributed by atoms with Crippen LogP contribution in [0.3, 0.4) is 0 Å². The van der Waals surface area contributed by atoms with Crippen molar-refractivity contribution in [3.63, 3.8) is 0 Å². The number of halogens is 1. The van der Waals surface area contributed by atoms with Gasteiger partial charge < -0.3 is 9.72 Å². The molecule has 0 radical (unpaired) electrons. The quantitative estimate of drug-likeness (QED) is 0.618. The number of hydrogen-bond acceptors (Lipinski definition) is 4. The van der Waals surface area contributed by atoms with Gasteiger partial charge in [-0.15, -0.1) is 0 Å². The number of fused-ring (bicyclic) bond motifs is 1. The number of aromatic nitrogens is 2. The number of imidazole rings is 1. The Hall–Kier alpha value is -2.35. The lowest BCUT2D eigenvalue weighted by Gasteiger charge is -2.18. The van der Waals surface area contributed by atoms with Gasteiger partial charge in [-0.3, -0.25) is 0 Å². The van der Waals surface area contributed by atoms with Crippen molar-refractivity contribution in [2.45, 2.75) is 18.7 Å². The van der Waals surface area contributed by atoms with E-state index in [9.17, 15) is 8.42 Å². The SMILES string of the molecule is CCN(CC)S(=O)(=O)c1ccc2nc(/C(Cl)=C/c3ccc(OC)cc3)[nH]c2c1. The number of nitrogens with zero attached hydrogens (tertiary/aromatic N) is 2. The molecule has 0 spiro atoms. The summed E-state index contributed by atoms with van der Waals surface area (Å²) in [6, 6.07) is 12.3. The van der Waals surface area contributed by atoms with Crippen LogP contribution in [0.5, 0.6) is 5.75 Å². The zero-order valence-corrected chi connectivity index (χ0v) is 17.5. The number of aromatic amines is 1. The number of H-pyrrole nitrogens is 1. The van der Waals surface area contributed by atoms with Gasteiger partial charge in [-0.05, 0) is 42.0 Å². The molecule has 0 atom stereocenters. The first-order chi connectivity index (χ1) is 13.4. The third-order valence-electron chi connectivity index (χ3n) is 4.43. The number of hydrogen-bond donors (Lipinski definition) is 1. The van der Waals surface area contributed by atoms with Crippen LogP contribution in [0.15, 0.2) is 47.4 Å². The van der Waals surface area contributed by atoms with Gasteiger partial charge in [-0.1, -0.05) is 37.6 Å². The molecule has 8 heteroatoms. The van der Waals surface area contributed by atoms with Crippen molar-refractivity contribution in [3.05, 3.63) is 53.9 Å². The fourth-order valence-corrected chi connectivity index (χ4v) is 4.59. The lowest BCUT2D eigenvalue weighted by Crippen LogP contribution is -2.30. The van der Waals surface area contributed by atoms with Crippen molar-refractivity contribution >= 4 is 43.8 Å². The van der Waals surface area contributed by atoms with Gasteiger partial charge in [0.25, 0.3) is 0 Å². The Labute approximate surface area is 169 Å². The second-order valence-electron chi connectivity index (χ2n) is 6.12. The summed E-state index contributed by atoms with van der Waals surface area (Å²) in [5.41, 5.74) is 2.16. The third-order valence-corrected chi connectivity index (χ3v) is 6.77. The number of ether oxygens (including phenoxy) is 1. The molecule has 0 bridgehead atoms. The number of sulfonamides is 1. The Morgan fingerprint density at radius 1 is 1.18 bits per heavy atom. The molecule has 3 aromatic rings. The maximum atomic E-state index is 12.7. The molecule has 0 amide bonds. The van der Waals surface area contributed by atoms with E-state index in [-0.39, 0.29) is 4.90 Å². The number of rotatable bonds is 7. The molecule has 0 aliphatic carbocycles. The van der Waals surface area contributed by atoms with Crippen LogP contribution in [0.1, 0.15) is 25.2 Å². The van der Waals surface area contributed by atoms with Gasteiger partial charge in [0.1, 0.15) is 11.6 Å². The van der Waals surface area contributed by atoms with Crippen LogP contribution in [0.25, 0.3) is 22.1 Å². The van der Waals surface area contributed by atoms with Gasteiger partial charge >= 0.3 is 0 Å². The van der Waals surface area contributed by atoms with Crippen LogP contribution in [0.4, 0.5) is 0 Å². The Morgan fingerprint density at radius 2 is 1.86 bits per heavy atom. The highest BCUT2D eigenvalue weighted by atomic mass is 35.5. The van der Waals surface area contributed by atoms with Gasteiger partial charge in [0.2, 0.25) is 10.0 Å². The molecule has 0 aliphatic heterocycles. The molecule has 0 saturated carbocycles. The number of nitrogens with one attached hydrogen (secondary N) is 1. The zero-order valence-electron chi connectivity index (χ0n) is 15.9. The van der Waals surface area contributed by atoms with E-state index in [1.807, 2.05) is 38.1 Å². The molecule has 1 aromatic heterocycles. The molecule has 0 unspecified atom stereocenters. The average Bonchev–Trinajstić information content (AvgIpc) is 3.13. The summed E-state index contributed by atoms with van der Waals surface area (Å²) >= 11 is 6.42. The lowest BCUT2D eigenvalue weighted by atomic mass is 10.2. The van der Waals surface area contributed by atoms with E-state index in [2.05, 4.69) is 9.97 Å². The second kappa shape index (κ2) is 8.34. The number of methoxy groups -OCH3 is 1. The molecule has 6 nitrogen and oxygen atoms in total. The summed E-state index contributed by atoms with van der Waals surface area (Å²) in [5.74, 6) is 1.24. The monoisotopic (exact) mass is 419 g/mol. The normalized spacial score (nSPS) is 12.7. The van der Waals surface area contributed by atoms with Crippen LogP contribution < -0.4 is 4.74 Å². The Bertz CT molecular complexity index is 1100. The van der Waals surface area contributed by atoms with Crippen molar-refractivity contribution in [2.75, 3.05) is 20.2 Å². The minimum absolute atomic E-state index is 0.231. The van der Waals surface area contributed by atoms with Crippen LogP contribution in [0, 0.1) is 0 Å². The van der Waals surface area contributed by atoms with Crippen molar-refractivity contribution in [1.82, 2.24) is 14.3 Å². The van der Waals surface area contributed by atoms with Crippen LogP contribution in [-0.2, 0) is 10.0 Å². The third kappa shape index (κ3) is 4.06. The summed E-state index contributed by atoms with van der Waals surface area (Å²) < 4.78 is 32.0. The molecule has 0 fully saturated rings. The molecule has 3 rings (SSSR count). The predicted molar refractivity (Wildman–Crippen MR) is 113 cm³/mol. The first-order valence-electron chi connectivity index (χ1n) is 8.90. The highest BCUT2D eigenvalue weighted by Gasteiger charge is 2.22. The van der Waals surface area contributed by atoms with Gasteiger partial charge in [0.15, 0.2) is 0 Å². The minimum Gasteiger partial charge on any atom is -0.497 e. The van der Waals surface area contributed by atoms with Gasteiger partial charge in [-0.25, -0.2) is 13.4 Å². The second-order valence-corrected chi connectivity index (χ2v) is 8.46. The molecule has 2 aromatic carbocycles. The molecule has 28 heavy (non-hydrogen) atoms. The Kier molecular flexibility index (Phi) is 6.07.